The number of hydrogen-bond acceptors (Lipinski definition) is 3. The molecule has 4 rings (SSSR count). The molecule has 2 aromatic carbocycles. The monoisotopic (exact) mass is 457 g/mol. The second-order valence-electron chi connectivity index (χ2n) is 8.43. The van der Waals surface area contributed by atoms with Crippen LogP contribution in [0.1, 0.15) is 41.1 Å². The quantitative estimate of drug-likeness (QED) is 0.552. The molecule has 33 heavy (non-hydrogen) atoms. The molecule has 1 fully saturated rings. The van der Waals surface area contributed by atoms with Crippen LogP contribution in [0.25, 0.3) is 5.69 Å². The van der Waals surface area contributed by atoms with Crippen molar-refractivity contribution < 1.29 is 22.7 Å². The molecule has 3 aromatic rings. The smallest absolute Gasteiger partial charge is 0.367 e. The first-order valence-electron chi connectivity index (χ1n) is 10.8. The van der Waals surface area contributed by atoms with Crippen molar-refractivity contribution in [3.05, 3.63) is 82.7 Å². The molecule has 0 saturated carbocycles. The molecule has 2 unspecified atom stereocenters. The number of rotatable bonds is 4. The lowest BCUT2D eigenvalue weighted by Gasteiger charge is -2.37. The van der Waals surface area contributed by atoms with Gasteiger partial charge in [0, 0.05) is 17.8 Å². The third-order valence-corrected chi connectivity index (χ3v) is 5.97. The summed E-state index contributed by atoms with van der Waals surface area (Å²) in [5.41, 5.74) is 2.60. The molecule has 0 spiro atoms. The van der Waals surface area contributed by atoms with Gasteiger partial charge >= 0.3 is 6.18 Å². The number of aromatic nitrogens is 2. The van der Waals surface area contributed by atoms with E-state index in [1.807, 2.05) is 37.3 Å². The number of alkyl halides is 3. The van der Waals surface area contributed by atoms with Crippen molar-refractivity contribution in [3.8, 4) is 5.69 Å². The summed E-state index contributed by atoms with van der Waals surface area (Å²) < 4.78 is 46.9. The van der Waals surface area contributed by atoms with E-state index in [9.17, 15) is 18.0 Å². The average Bonchev–Trinajstić information content (AvgIpc) is 3.07. The Morgan fingerprint density at radius 1 is 1.09 bits per heavy atom. The summed E-state index contributed by atoms with van der Waals surface area (Å²) in [5.74, 6) is -0.0547. The Morgan fingerprint density at radius 2 is 1.82 bits per heavy atom. The Kier molecular flexibility index (Phi) is 6.30. The minimum absolute atomic E-state index is 0.0547. The van der Waals surface area contributed by atoms with Crippen LogP contribution in [0.4, 0.5) is 13.2 Å². The Morgan fingerprint density at radius 3 is 2.52 bits per heavy atom. The summed E-state index contributed by atoms with van der Waals surface area (Å²) in [5, 5.41) is 4.43. The van der Waals surface area contributed by atoms with Gasteiger partial charge in [0.2, 0.25) is 5.91 Å². The number of morpholine rings is 1. The molecule has 1 aliphatic heterocycles. The van der Waals surface area contributed by atoms with Gasteiger partial charge in [-0.1, -0.05) is 36.4 Å². The van der Waals surface area contributed by atoms with Gasteiger partial charge in [-0.15, -0.1) is 0 Å². The molecule has 0 aliphatic carbocycles. The second-order valence-corrected chi connectivity index (χ2v) is 8.43. The van der Waals surface area contributed by atoms with Crippen LogP contribution in [0.2, 0.25) is 0 Å². The minimum Gasteiger partial charge on any atom is -0.367 e. The highest BCUT2D eigenvalue weighted by Gasteiger charge is 2.32. The highest BCUT2D eigenvalue weighted by atomic mass is 19.4. The third kappa shape index (κ3) is 4.95. The van der Waals surface area contributed by atoms with Gasteiger partial charge in [-0.25, -0.2) is 4.68 Å². The van der Waals surface area contributed by atoms with Crippen LogP contribution in [-0.2, 0) is 22.1 Å². The molecule has 5 nitrogen and oxygen atoms in total. The highest BCUT2D eigenvalue weighted by molar-refractivity contribution is 5.79. The van der Waals surface area contributed by atoms with Crippen LogP contribution in [0.15, 0.2) is 54.6 Å². The zero-order valence-electron chi connectivity index (χ0n) is 18.8. The van der Waals surface area contributed by atoms with E-state index in [-0.39, 0.29) is 24.5 Å². The van der Waals surface area contributed by atoms with E-state index in [4.69, 9.17) is 4.74 Å². The van der Waals surface area contributed by atoms with E-state index >= 15 is 0 Å². The maximum Gasteiger partial charge on any atom is 0.416 e. The number of carbonyl (C=O) groups is 1. The number of hydrogen-bond donors (Lipinski definition) is 0. The van der Waals surface area contributed by atoms with Crippen LogP contribution in [0, 0.1) is 13.8 Å². The molecular weight excluding hydrogens is 431 g/mol. The van der Waals surface area contributed by atoms with Gasteiger partial charge in [0.15, 0.2) is 0 Å². The highest BCUT2D eigenvalue weighted by Crippen LogP contribution is 2.31. The van der Waals surface area contributed by atoms with Crippen molar-refractivity contribution >= 4 is 5.91 Å². The van der Waals surface area contributed by atoms with Crippen molar-refractivity contribution in [1.29, 1.82) is 0 Å². The van der Waals surface area contributed by atoms with Gasteiger partial charge in [0.1, 0.15) is 6.10 Å². The summed E-state index contributed by atoms with van der Waals surface area (Å²) in [6.07, 6.45) is -4.62. The fourth-order valence-electron chi connectivity index (χ4n) is 4.27. The first-order chi connectivity index (χ1) is 15.6. The lowest BCUT2D eigenvalue weighted by molar-refractivity contribution is -0.144. The third-order valence-electron chi connectivity index (χ3n) is 5.97. The summed E-state index contributed by atoms with van der Waals surface area (Å²) in [6, 6.07) is 14.8. The SMILES string of the molecule is Cc1nn(-c2cccc(C(F)(F)F)c2)c(C)c1CC(=O)N1CC(C)OC(c2ccccc2)C1. The molecule has 1 saturated heterocycles. The predicted molar refractivity (Wildman–Crippen MR) is 118 cm³/mol. The lowest BCUT2D eigenvalue weighted by atomic mass is 10.0. The number of benzene rings is 2. The topological polar surface area (TPSA) is 47.4 Å². The zero-order valence-corrected chi connectivity index (χ0v) is 18.8. The number of amides is 1. The van der Waals surface area contributed by atoms with E-state index < -0.39 is 11.7 Å². The number of halogens is 3. The maximum atomic E-state index is 13.2. The van der Waals surface area contributed by atoms with E-state index in [1.165, 1.54) is 10.7 Å². The van der Waals surface area contributed by atoms with Crippen molar-refractivity contribution in [2.75, 3.05) is 13.1 Å². The summed E-state index contributed by atoms with van der Waals surface area (Å²) in [7, 11) is 0. The van der Waals surface area contributed by atoms with Gasteiger partial charge in [0.25, 0.3) is 0 Å². The molecule has 0 bridgehead atoms. The number of aryl methyl sites for hydroxylation is 1. The molecule has 1 amide bonds. The lowest BCUT2D eigenvalue weighted by Crippen LogP contribution is -2.46. The van der Waals surface area contributed by atoms with Crippen LogP contribution in [-0.4, -0.2) is 39.8 Å². The van der Waals surface area contributed by atoms with E-state index in [0.717, 1.165) is 23.3 Å². The van der Waals surface area contributed by atoms with Crippen molar-refractivity contribution in [2.45, 2.75) is 45.6 Å². The molecule has 8 heteroatoms. The molecule has 2 heterocycles. The van der Waals surface area contributed by atoms with Crippen LogP contribution in [0.3, 0.4) is 0 Å². The van der Waals surface area contributed by atoms with Gasteiger partial charge in [-0.3, -0.25) is 4.79 Å². The van der Waals surface area contributed by atoms with Gasteiger partial charge < -0.3 is 9.64 Å². The average molecular weight is 457 g/mol. The number of nitrogens with zero attached hydrogens (tertiary/aromatic N) is 3. The largest absolute Gasteiger partial charge is 0.416 e. The van der Waals surface area contributed by atoms with Crippen LogP contribution < -0.4 is 0 Å². The summed E-state index contributed by atoms with van der Waals surface area (Å²) in [6.45, 7) is 6.43. The Labute approximate surface area is 190 Å². The minimum atomic E-state index is -4.44. The Hall–Kier alpha value is -3.13. The van der Waals surface area contributed by atoms with E-state index in [0.29, 0.717) is 30.2 Å². The van der Waals surface area contributed by atoms with E-state index in [2.05, 4.69) is 5.10 Å². The fourth-order valence-corrected chi connectivity index (χ4v) is 4.27. The maximum absolute atomic E-state index is 13.2. The molecule has 0 N–H and O–H groups in total. The molecule has 0 radical (unpaired) electrons. The normalized spacial score (nSPS) is 19.0. The predicted octanol–water partition coefficient (Wildman–Crippen LogP) is 5.04. The Balaban J connectivity index is 1.55. The van der Waals surface area contributed by atoms with Gasteiger partial charge in [0.05, 0.1) is 36.0 Å². The summed E-state index contributed by atoms with van der Waals surface area (Å²) in [4.78, 5) is 15.0. The standard InChI is InChI=1S/C25H26F3N3O2/c1-16-14-30(15-23(33-16)19-8-5-4-6-9-19)24(32)13-22-17(2)29-31(18(22)3)21-11-7-10-20(12-21)25(26,27)28/h4-12,16,23H,13-15H2,1-3H3. The van der Waals surface area contributed by atoms with Crippen molar-refractivity contribution in [3.63, 3.8) is 0 Å². The molecule has 2 atom stereocenters. The second kappa shape index (κ2) is 9.02. The first-order valence-corrected chi connectivity index (χ1v) is 10.8. The molecular formula is C25H26F3N3O2. The molecule has 1 aliphatic rings. The molecule has 174 valence electrons. The Bertz CT molecular complexity index is 1140. The molecule has 1 aromatic heterocycles. The zero-order chi connectivity index (χ0) is 23.8. The van der Waals surface area contributed by atoms with Crippen molar-refractivity contribution in [1.82, 2.24) is 14.7 Å². The summed E-state index contributed by atoms with van der Waals surface area (Å²) >= 11 is 0. The fraction of sp³-hybridized carbons (Fsp3) is 0.360. The van der Waals surface area contributed by atoms with E-state index in [1.54, 1.807) is 24.8 Å². The number of carbonyl (C=O) groups excluding carboxylic acids is 1. The number of ether oxygens (including phenoxy) is 1. The van der Waals surface area contributed by atoms with Crippen molar-refractivity contribution in [2.24, 2.45) is 0 Å². The first kappa shape index (κ1) is 23.0. The van der Waals surface area contributed by atoms with Gasteiger partial charge in [-0.2, -0.15) is 18.3 Å². The van der Waals surface area contributed by atoms with Crippen LogP contribution in [0.5, 0.6) is 0 Å². The van der Waals surface area contributed by atoms with Gasteiger partial charge in [-0.05, 0) is 44.5 Å². The van der Waals surface area contributed by atoms with Crippen LogP contribution >= 0.6 is 0 Å².